The highest BCUT2D eigenvalue weighted by molar-refractivity contribution is 7.07. The number of likely N-dealkylation sites (N-methyl/N-ethyl adjacent to an activating group) is 1. The zero-order valence-electron chi connectivity index (χ0n) is 25.0. The second-order valence-electron chi connectivity index (χ2n) is 10.8. The molecule has 0 N–H and O–H groups in total. The van der Waals surface area contributed by atoms with Crippen LogP contribution in [0, 0.1) is 6.92 Å². The van der Waals surface area contributed by atoms with Gasteiger partial charge in [-0.2, -0.15) is 0 Å². The summed E-state index contributed by atoms with van der Waals surface area (Å²) in [6.45, 7) is 9.63. The smallest absolute Gasteiger partial charge is 0.271 e. The van der Waals surface area contributed by atoms with Gasteiger partial charge in [-0.05, 0) is 75.2 Å². The molecule has 0 bridgehead atoms. The van der Waals surface area contributed by atoms with E-state index in [2.05, 4.69) is 23.6 Å². The maximum Gasteiger partial charge on any atom is 0.271 e. The minimum atomic E-state index is -0.619. The quantitative estimate of drug-likeness (QED) is 0.198. The molecule has 1 aliphatic heterocycles. The Morgan fingerprint density at radius 3 is 2.25 bits per heavy atom. The molecule has 0 saturated heterocycles. The summed E-state index contributed by atoms with van der Waals surface area (Å²) in [5.41, 5.74) is 6.00. The van der Waals surface area contributed by atoms with E-state index in [0.29, 0.717) is 50.3 Å². The lowest BCUT2D eigenvalue weighted by Gasteiger charge is -2.29. The number of rotatable bonds is 7. The lowest BCUT2D eigenvalue weighted by molar-refractivity contribution is -0.127. The molecule has 1 atom stereocenters. The molecule has 0 fully saturated rings. The first-order valence-corrected chi connectivity index (χ1v) is 16.2. The summed E-state index contributed by atoms with van der Waals surface area (Å²) < 4.78 is 4.50. The van der Waals surface area contributed by atoms with E-state index in [4.69, 9.17) is 28.2 Å². The molecule has 0 saturated carbocycles. The Morgan fingerprint density at radius 1 is 0.955 bits per heavy atom. The van der Waals surface area contributed by atoms with Gasteiger partial charge in [0, 0.05) is 51.8 Å². The second-order valence-corrected chi connectivity index (χ2v) is 12.7. The van der Waals surface area contributed by atoms with E-state index in [-0.39, 0.29) is 11.5 Å². The van der Waals surface area contributed by atoms with Crippen molar-refractivity contribution in [1.82, 2.24) is 14.0 Å². The Labute approximate surface area is 269 Å². The van der Waals surface area contributed by atoms with Gasteiger partial charge in [0.1, 0.15) is 0 Å². The number of benzene rings is 3. The molecule has 1 aliphatic rings. The van der Waals surface area contributed by atoms with Gasteiger partial charge in [-0.1, -0.05) is 77.0 Å². The minimum Gasteiger partial charge on any atom is -0.340 e. The fraction of sp³-hybridized carbons (Fsp3) is 0.229. The summed E-state index contributed by atoms with van der Waals surface area (Å²) in [7, 11) is 0. The predicted molar refractivity (Wildman–Crippen MR) is 180 cm³/mol. The summed E-state index contributed by atoms with van der Waals surface area (Å²) in [6, 6.07) is 22.8. The summed E-state index contributed by atoms with van der Waals surface area (Å²) >= 11 is 13.7. The molecule has 6 nitrogen and oxygen atoms in total. The number of aromatic nitrogens is 2. The van der Waals surface area contributed by atoms with E-state index in [1.165, 1.54) is 11.3 Å². The van der Waals surface area contributed by atoms with Crippen LogP contribution in [0.3, 0.4) is 0 Å². The Kier molecular flexibility index (Phi) is 8.38. The molecule has 0 unspecified atom stereocenters. The maximum absolute atomic E-state index is 14.3. The molecular weight excluding hydrogens is 611 g/mol. The van der Waals surface area contributed by atoms with Crippen LogP contribution in [-0.2, 0) is 11.3 Å². The van der Waals surface area contributed by atoms with Gasteiger partial charge in [-0.25, -0.2) is 4.99 Å². The van der Waals surface area contributed by atoms with E-state index in [9.17, 15) is 9.59 Å². The fourth-order valence-electron chi connectivity index (χ4n) is 5.98. The number of halogens is 2. The van der Waals surface area contributed by atoms with Gasteiger partial charge in [0.05, 0.1) is 21.8 Å². The second kappa shape index (κ2) is 12.2. The monoisotopic (exact) mass is 642 g/mol. The highest BCUT2D eigenvalue weighted by Gasteiger charge is 2.34. The third-order valence-electron chi connectivity index (χ3n) is 8.30. The molecule has 224 valence electrons. The lowest BCUT2D eigenvalue weighted by Crippen LogP contribution is -2.43. The molecule has 2 aromatic heterocycles. The zero-order chi connectivity index (χ0) is 31.1. The van der Waals surface area contributed by atoms with Crippen LogP contribution in [0.1, 0.15) is 49.2 Å². The van der Waals surface area contributed by atoms with Crippen LogP contribution >= 0.6 is 34.5 Å². The van der Waals surface area contributed by atoms with Crippen LogP contribution in [0.5, 0.6) is 0 Å². The Hall–Kier alpha value is -3.91. The van der Waals surface area contributed by atoms with Crippen molar-refractivity contribution in [2.24, 2.45) is 4.99 Å². The predicted octanol–water partition coefficient (Wildman–Crippen LogP) is 6.72. The first-order valence-electron chi connectivity index (χ1n) is 14.6. The van der Waals surface area contributed by atoms with E-state index in [1.807, 2.05) is 75.4 Å². The van der Waals surface area contributed by atoms with Crippen molar-refractivity contribution in [3.8, 4) is 0 Å². The number of amides is 1. The van der Waals surface area contributed by atoms with Gasteiger partial charge in [-0.3, -0.25) is 14.2 Å². The maximum atomic E-state index is 14.3. The largest absolute Gasteiger partial charge is 0.340 e. The van der Waals surface area contributed by atoms with Gasteiger partial charge in [0.25, 0.3) is 11.5 Å². The summed E-state index contributed by atoms with van der Waals surface area (Å²) in [5, 5.41) is 2.35. The van der Waals surface area contributed by atoms with Crippen molar-refractivity contribution in [3.63, 3.8) is 0 Å². The van der Waals surface area contributed by atoms with Crippen molar-refractivity contribution in [2.75, 3.05) is 13.1 Å². The SMILES string of the molecule is CCN(CC)C(=O)C1=C(C)N=c2s/c(=C/c3c(C)n(Cc4ccc(Cl)cc4)c4ccccc34)c(=O)n2[C@H]1c1ccc(Cl)cc1. The molecule has 0 aliphatic carbocycles. The molecule has 9 heteroatoms. The number of fused-ring (bicyclic) bond motifs is 2. The molecule has 0 spiro atoms. The van der Waals surface area contributed by atoms with Crippen LogP contribution in [0.4, 0.5) is 0 Å². The van der Waals surface area contributed by atoms with Crippen molar-refractivity contribution in [3.05, 3.63) is 136 Å². The molecule has 3 heterocycles. The van der Waals surface area contributed by atoms with Crippen LogP contribution in [-0.4, -0.2) is 33.0 Å². The number of hydrogen-bond donors (Lipinski definition) is 0. The zero-order valence-corrected chi connectivity index (χ0v) is 27.3. The summed E-state index contributed by atoms with van der Waals surface area (Å²) in [6.07, 6.45) is 1.98. The van der Waals surface area contributed by atoms with E-state index >= 15 is 0 Å². The molecule has 5 aromatic rings. The molecule has 3 aromatic carbocycles. The lowest BCUT2D eigenvalue weighted by atomic mass is 9.94. The van der Waals surface area contributed by atoms with Gasteiger partial charge >= 0.3 is 0 Å². The van der Waals surface area contributed by atoms with Crippen molar-refractivity contribution in [1.29, 1.82) is 0 Å². The third kappa shape index (κ3) is 5.34. The highest BCUT2D eigenvalue weighted by atomic mass is 35.5. The third-order valence-corrected chi connectivity index (χ3v) is 9.78. The average Bonchev–Trinajstić information content (AvgIpc) is 3.47. The average molecular weight is 644 g/mol. The topological polar surface area (TPSA) is 59.6 Å². The Balaban J connectivity index is 1.54. The standard InChI is InChI=1S/C35H32Cl2N4O2S/c1-5-39(6-2)34(43)31-21(3)38-35-41(32(31)24-13-17-26(37)18-14-24)33(42)30(44-35)19-28-22(4)40(29-10-8-7-9-27(28)29)20-23-11-15-25(36)16-12-23/h7-19,32H,5-6,20H2,1-4H3/b30-19+/t32-/m0/s1. The molecule has 6 rings (SSSR count). The number of carbonyl (C=O) groups is 1. The first-order chi connectivity index (χ1) is 21.2. The van der Waals surface area contributed by atoms with E-state index in [1.54, 1.807) is 21.6 Å². The van der Waals surface area contributed by atoms with Gasteiger partial charge in [-0.15, -0.1) is 0 Å². The van der Waals surface area contributed by atoms with E-state index in [0.717, 1.165) is 33.3 Å². The minimum absolute atomic E-state index is 0.119. The molecular formula is C35H32Cl2N4O2S. The Bertz CT molecular complexity index is 2100. The molecule has 0 radical (unpaired) electrons. The number of carbonyl (C=O) groups excluding carboxylic acids is 1. The van der Waals surface area contributed by atoms with Gasteiger partial charge < -0.3 is 9.47 Å². The van der Waals surface area contributed by atoms with Crippen LogP contribution < -0.4 is 14.9 Å². The number of allylic oxidation sites excluding steroid dienone is 1. The van der Waals surface area contributed by atoms with Crippen LogP contribution in [0.25, 0.3) is 17.0 Å². The van der Waals surface area contributed by atoms with E-state index < -0.39 is 6.04 Å². The normalized spacial score (nSPS) is 15.0. The number of thiazole rings is 1. The summed E-state index contributed by atoms with van der Waals surface area (Å²) in [4.78, 5) is 35.3. The summed E-state index contributed by atoms with van der Waals surface area (Å²) in [5.74, 6) is -0.119. The van der Waals surface area contributed by atoms with Crippen LogP contribution in [0.2, 0.25) is 10.0 Å². The fourth-order valence-corrected chi connectivity index (χ4v) is 7.26. The number of para-hydroxylation sites is 1. The highest BCUT2D eigenvalue weighted by Crippen LogP contribution is 2.32. The Morgan fingerprint density at radius 2 is 1.59 bits per heavy atom. The van der Waals surface area contributed by atoms with Crippen molar-refractivity contribution < 1.29 is 4.79 Å². The number of hydrogen-bond acceptors (Lipinski definition) is 4. The molecule has 1 amide bonds. The van der Waals surface area contributed by atoms with Gasteiger partial charge in [0.15, 0.2) is 4.80 Å². The van der Waals surface area contributed by atoms with Crippen molar-refractivity contribution in [2.45, 2.75) is 40.3 Å². The molecule has 44 heavy (non-hydrogen) atoms. The number of nitrogens with zero attached hydrogens (tertiary/aromatic N) is 4. The van der Waals surface area contributed by atoms with Crippen LogP contribution in [0.15, 0.2) is 93.9 Å². The van der Waals surface area contributed by atoms with Crippen molar-refractivity contribution >= 4 is 57.4 Å². The van der Waals surface area contributed by atoms with Gasteiger partial charge in [0.2, 0.25) is 0 Å². The first kappa shape index (κ1) is 30.1.